The summed E-state index contributed by atoms with van der Waals surface area (Å²) in [6, 6.07) is 5.86. The number of aryl methyl sites for hydroxylation is 2. The van der Waals surface area contributed by atoms with Crippen molar-refractivity contribution in [3.8, 4) is 5.75 Å². The molecule has 3 aromatic rings. The Morgan fingerprint density at radius 1 is 1.02 bits per heavy atom. The number of pyridine rings is 1. The molecule has 49 heavy (non-hydrogen) atoms. The summed E-state index contributed by atoms with van der Waals surface area (Å²) in [6.07, 6.45) is 3.93. The van der Waals surface area contributed by atoms with E-state index in [4.69, 9.17) is 0 Å². The molecule has 0 aliphatic carbocycles. The van der Waals surface area contributed by atoms with Crippen molar-refractivity contribution in [1.82, 2.24) is 25.0 Å². The van der Waals surface area contributed by atoms with Crippen LogP contribution in [0.1, 0.15) is 47.8 Å². The molecule has 4 amide bonds. The van der Waals surface area contributed by atoms with Crippen molar-refractivity contribution >= 4 is 58.5 Å². The molecular formula is C34H36N6O8S. The molecular weight excluding hydrogens is 652 g/mol. The van der Waals surface area contributed by atoms with Crippen LogP contribution in [0.15, 0.2) is 47.4 Å². The van der Waals surface area contributed by atoms with Crippen molar-refractivity contribution in [2.75, 3.05) is 31.1 Å². The van der Waals surface area contributed by atoms with Gasteiger partial charge in [-0.25, -0.2) is 4.79 Å². The highest BCUT2D eigenvalue weighted by Crippen LogP contribution is 2.50. The number of amides is 4. The van der Waals surface area contributed by atoms with E-state index in [0.717, 1.165) is 36.0 Å². The Morgan fingerprint density at radius 3 is 2.41 bits per heavy atom. The lowest BCUT2D eigenvalue weighted by atomic mass is 9.95. The van der Waals surface area contributed by atoms with Crippen LogP contribution < -0.4 is 21.0 Å². The molecule has 3 saturated heterocycles. The number of phenols is 1. The number of β-lactam (4-membered cyclic amide) rings is 1. The smallest absolute Gasteiger partial charge is 0.327 e. The van der Waals surface area contributed by atoms with Gasteiger partial charge in [-0.1, -0.05) is 12.1 Å². The number of hydrogen-bond acceptors (Lipinski definition) is 9. The van der Waals surface area contributed by atoms with Crippen LogP contribution in [0.5, 0.6) is 5.75 Å². The van der Waals surface area contributed by atoms with Crippen LogP contribution in [0, 0.1) is 0 Å². The van der Waals surface area contributed by atoms with E-state index in [0.29, 0.717) is 43.7 Å². The number of aromatic hydroxyl groups is 1. The Labute approximate surface area is 285 Å². The Hall–Kier alpha value is -5.05. The van der Waals surface area contributed by atoms with E-state index in [9.17, 15) is 39.0 Å². The standard InChI is InChI=1S/C34H36N6O8S/c1-34(2)28(33(47)48)40-31(46)25(32(40)49-34)36-30(45)24(18-5-7-19(42)8-6-18)35-29(44)22-16-39-11-3-4-20-23(10-9-21(26(20)39)27(22)43)38-14-12-37(17-41)13-15-38/h5-10,16-17,24-25,28,32,42H,3-4,11-15H2,1-2H3,(H,35,44)(H,36,45)(H,47,48). The number of carbonyl (C=O) groups is 5. The van der Waals surface area contributed by atoms with E-state index in [2.05, 4.69) is 15.5 Å². The molecule has 4 atom stereocenters. The highest BCUT2D eigenvalue weighted by atomic mass is 32.2. The van der Waals surface area contributed by atoms with Gasteiger partial charge < -0.3 is 40.1 Å². The van der Waals surface area contributed by atoms with Crippen molar-refractivity contribution < 1.29 is 34.2 Å². The summed E-state index contributed by atoms with van der Waals surface area (Å²) in [6.45, 7) is 6.60. The molecule has 0 spiro atoms. The van der Waals surface area contributed by atoms with E-state index in [1.54, 1.807) is 24.8 Å². The second kappa shape index (κ2) is 12.1. The number of carboxylic acid groups (broad SMARTS) is 1. The maximum atomic E-state index is 13.9. The molecule has 2 aromatic carbocycles. The second-order valence-electron chi connectivity index (χ2n) is 13.3. The number of fused-ring (bicyclic) bond motifs is 1. The zero-order valence-electron chi connectivity index (χ0n) is 26.9. The third kappa shape index (κ3) is 5.45. The number of thioether (sulfide) groups is 1. The average molecular weight is 689 g/mol. The van der Waals surface area contributed by atoms with Crippen LogP contribution in [0.4, 0.5) is 5.69 Å². The summed E-state index contributed by atoms with van der Waals surface area (Å²) in [4.78, 5) is 83.1. The van der Waals surface area contributed by atoms with Crippen LogP contribution in [0.3, 0.4) is 0 Å². The van der Waals surface area contributed by atoms with E-state index < -0.39 is 57.4 Å². The maximum absolute atomic E-state index is 13.9. The minimum atomic E-state index is -1.34. The largest absolute Gasteiger partial charge is 0.508 e. The fourth-order valence-electron chi connectivity index (χ4n) is 7.49. The zero-order valence-corrected chi connectivity index (χ0v) is 27.7. The number of carboxylic acids is 1. The summed E-state index contributed by atoms with van der Waals surface area (Å²) in [7, 11) is 0. The number of hydrogen-bond donors (Lipinski definition) is 4. The van der Waals surface area contributed by atoms with Gasteiger partial charge in [0.25, 0.3) is 5.91 Å². The second-order valence-corrected chi connectivity index (χ2v) is 15.1. The summed E-state index contributed by atoms with van der Waals surface area (Å²) in [5.74, 6) is -3.23. The summed E-state index contributed by atoms with van der Waals surface area (Å²) in [5.41, 5.74) is 2.47. The fraction of sp³-hybridized carbons (Fsp3) is 0.412. The summed E-state index contributed by atoms with van der Waals surface area (Å²) in [5, 5.41) is 24.8. The normalized spacial score (nSPS) is 23.0. The van der Waals surface area contributed by atoms with Gasteiger partial charge in [-0.05, 0) is 62.1 Å². The Bertz CT molecular complexity index is 1950. The molecule has 1 aromatic heterocycles. The predicted molar refractivity (Wildman–Crippen MR) is 180 cm³/mol. The number of phenolic OH excluding ortho intramolecular Hbond substituents is 1. The molecule has 0 bridgehead atoms. The molecule has 7 rings (SSSR count). The zero-order chi connectivity index (χ0) is 34.8. The third-order valence-electron chi connectivity index (χ3n) is 9.93. The molecule has 15 heteroatoms. The van der Waals surface area contributed by atoms with E-state index >= 15 is 0 Å². The molecule has 4 unspecified atom stereocenters. The third-order valence-corrected chi connectivity index (χ3v) is 11.5. The Kier molecular flexibility index (Phi) is 8.04. The van der Waals surface area contributed by atoms with Gasteiger partial charge in [-0.2, -0.15) is 0 Å². The average Bonchev–Trinajstić information content (AvgIpc) is 3.35. The number of piperazine rings is 1. The Balaban J connectivity index is 1.17. The number of rotatable bonds is 8. The van der Waals surface area contributed by atoms with Crippen LogP contribution in [0.2, 0.25) is 0 Å². The summed E-state index contributed by atoms with van der Waals surface area (Å²) < 4.78 is 1.12. The van der Waals surface area contributed by atoms with Gasteiger partial charge in [0.2, 0.25) is 23.7 Å². The predicted octanol–water partition coefficient (Wildman–Crippen LogP) is 1.03. The van der Waals surface area contributed by atoms with Gasteiger partial charge in [0.1, 0.15) is 34.8 Å². The molecule has 4 aliphatic rings. The van der Waals surface area contributed by atoms with Gasteiger partial charge >= 0.3 is 5.97 Å². The molecule has 0 radical (unpaired) electrons. The van der Waals surface area contributed by atoms with Crippen molar-refractivity contribution in [2.45, 2.75) is 61.5 Å². The topological polar surface area (TPSA) is 182 Å². The highest BCUT2D eigenvalue weighted by molar-refractivity contribution is 8.01. The minimum absolute atomic E-state index is 0.0592. The molecule has 256 valence electrons. The quantitative estimate of drug-likeness (QED) is 0.197. The first kappa shape index (κ1) is 32.5. The van der Waals surface area contributed by atoms with Gasteiger partial charge in [0, 0.05) is 54.7 Å². The van der Waals surface area contributed by atoms with Crippen molar-refractivity contribution in [3.63, 3.8) is 0 Å². The maximum Gasteiger partial charge on any atom is 0.327 e. The van der Waals surface area contributed by atoms with E-state index in [1.807, 2.05) is 10.6 Å². The molecule has 3 fully saturated rings. The number of benzene rings is 2. The van der Waals surface area contributed by atoms with Gasteiger partial charge in [0.15, 0.2) is 0 Å². The van der Waals surface area contributed by atoms with Crippen molar-refractivity contribution in [1.29, 1.82) is 0 Å². The first-order chi connectivity index (χ1) is 23.4. The van der Waals surface area contributed by atoms with Crippen LogP contribution in [-0.2, 0) is 32.1 Å². The van der Waals surface area contributed by atoms with Gasteiger partial charge in [-0.15, -0.1) is 11.8 Å². The van der Waals surface area contributed by atoms with Crippen molar-refractivity contribution in [3.05, 3.63) is 69.5 Å². The molecule has 4 aliphatic heterocycles. The number of aromatic nitrogens is 1. The molecule has 4 N–H and O–H groups in total. The van der Waals surface area contributed by atoms with Crippen LogP contribution in [0.25, 0.3) is 10.9 Å². The lowest BCUT2D eigenvalue weighted by Gasteiger charge is -2.44. The number of aliphatic carboxylic acids is 1. The first-order valence-electron chi connectivity index (χ1n) is 16.2. The van der Waals surface area contributed by atoms with Gasteiger partial charge in [-0.3, -0.25) is 24.0 Å². The molecule has 14 nitrogen and oxygen atoms in total. The SMILES string of the molecule is CC1(C)SC2C(NC(=O)C(NC(=O)c3cn4c5c(c(N6CCN(C=O)CC6)ccc5c3=O)CCC4)c3ccc(O)cc3)C(=O)N2C1C(=O)O. The van der Waals surface area contributed by atoms with Crippen molar-refractivity contribution in [2.24, 2.45) is 0 Å². The number of nitrogens with zero attached hydrogens (tertiary/aromatic N) is 4. The highest BCUT2D eigenvalue weighted by Gasteiger charge is 2.64. The van der Waals surface area contributed by atoms with Crippen LogP contribution in [-0.4, -0.2) is 103 Å². The Morgan fingerprint density at radius 2 is 1.73 bits per heavy atom. The lowest BCUT2D eigenvalue weighted by Crippen LogP contribution is -2.71. The van der Waals surface area contributed by atoms with E-state index in [1.165, 1.54) is 47.1 Å². The number of carbonyl (C=O) groups excluding carboxylic acids is 4. The molecule has 0 saturated carbocycles. The monoisotopic (exact) mass is 688 g/mol. The lowest BCUT2D eigenvalue weighted by molar-refractivity contribution is -0.161. The summed E-state index contributed by atoms with van der Waals surface area (Å²) >= 11 is 1.28. The van der Waals surface area contributed by atoms with E-state index in [-0.39, 0.29) is 11.3 Å². The fourth-order valence-corrected chi connectivity index (χ4v) is 9.12. The number of anilines is 1. The molecule has 5 heterocycles. The number of nitrogens with one attached hydrogen (secondary N) is 2. The minimum Gasteiger partial charge on any atom is -0.508 e. The van der Waals surface area contributed by atoms with Crippen LogP contribution >= 0.6 is 11.8 Å². The van der Waals surface area contributed by atoms with Gasteiger partial charge in [0.05, 0.1) is 5.52 Å². The first-order valence-corrected chi connectivity index (χ1v) is 17.0.